The van der Waals surface area contributed by atoms with Crippen LogP contribution >= 0.6 is 23.4 Å². The number of nitrogens with one attached hydrogen (secondary N) is 1. The van der Waals surface area contributed by atoms with Gasteiger partial charge in [0.25, 0.3) is 0 Å². The smallest absolute Gasteiger partial charge is 0.306 e. The number of H-pyrrole nitrogens is 1. The van der Waals surface area contributed by atoms with E-state index < -0.39 is 0 Å². The second-order valence-corrected chi connectivity index (χ2v) is 7.77. The lowest BCUT2D eigenvalue weighted by Gasteiger charge is -2.11. The third-order valence-corrected chi connectivity index (χ3v) is 5.84. The highest BCUT2D eigenvalue weighted by Gasteiger charge is 2.17. The number of rotatable bonds is 6. The van der Waals surface area contributed by atoms with Gasteiger partial charge in [0.1, 0.15) is 5.03 Å². The number of pyridine rings is 1. The van der Waals surface area contributed by atoms with E-state index in [-0.39, 0.29) is 5.97 Å². The average molecular weight is 411 g/mol. The van der Waals surface area contributed by atoms with E-state index in [2.05, 4.69) is 22.1 Å². The number of carbonyl (C=O) groups is 1. The predicted molar refractivity (Wildman–Crippen MR) is 116 cm³/mol. The fourth-order valence-corrected chi connectivity index (χ4v) is 4.50. The van der Waals surface area contributed by atoms with Gasteiger partial charge in [-0.3, -0.25) is 4.79 Å². The zero-order chi connectivity index (χ0) is 19.5. The Hall–Kier alpha value is -2.50. The molecule has 6 heteroatoms. The molecule has 2 heterocycles. The summed E-state index contributed by atoms with van der Waals surface area (Å²) in [5, 5.41) is 3.80. The lowest BCUT2D eigenvalue weighted by molar-refractivity contribution is -0.142. The highest BCUT2D eigenvalue weighted by atomic mass is 35.5. The number of para-hydroxylation sites is 1. The summed E-state index contributed by atoms with van der Waals surface area (Å²) in [7, 11) is 0. The minimum atomic E-state index is -0.191. The number of halogens is 1. The first-order valence-corrected chi connectivity index (χ1v) is 10.5. The Kier molecular flexibility index (Phi) is 5.55. The number of nitrogens with zero attached hydrogens (tertiary/aromatic N) is 1. The van der Waals surface area contributed by atoms with Gasteiger partial charge in [0, 0.05) is 39.4 Å². The van der Waals surface area contributed by atoms with Crippen LogP contribution in [0.25, 0.3) is 32.9 Å². The summed E-state index contributed by atoms with van der Waals surface area (Å²) in [6.07, 6.45) is 2.11. The van der Waals surface area contributed by atoms with Crippen molar-refractivity contribution in [2.45, 2.75) is 18.4 Å². The van der Waals surface area contributed by atoms with Crippen LogP contribution in [-0.4, -0.2) is 28.3 Å². The van der Waals surface area contributed by atoms with Gasteiger partial charge in [-0.05, 0) is 25.1 Å². The SMILES string of the molecule is CCOC(=O)CCSc1ncccc1-c1c(Cl)ccc2c1[nH]c1ccccc12. The lowest BCUT2D eigenvalue weighted by Crippen LogP contribution is -2.04. The molecule has 0 aliphatic carbocycles. The molecular formula is C22H19ClN2O2S. The summed E-state index contributed by atoms with van der Waals surface area (Å²) >= 11 is 8.17. The zero-order valence-corrected chi connectivity index (χ0v) is 16.9. The molecular weight excluding hydrogens is 392 g/mol. The zero-order valence-electron chi connectivity index (χ0n) is 15.4. The molecule has 0 fully saturated rings. The first-order valence-electron chi connectivity index (χ1n) is 9.11. The quantitative estimate of drug-likeness (QED) is 0.309. The van der Waals surface area contributed by atoms with Gasteiger partial charge in [-0.2, -0.15) is 0 Å². The minimum absolute atomic E-state index is 0.191. The molecule has 0 saturated carbocycles. The summed E-state index contributed by atoms with van der Waals surface area (Å²) < 4.78 is 5.01. The molecule has 0 unspecified atom stereocenters. The number of hydrogen-bond acceptors (Lipinski definition) is 4. The van der Waals surface area contributed by atoms with Crippen molar-refractivity contribution in [1.82, 2.24) is 9.97 Å². The number of fused-ring (bicyclic) bond motifs is 3. The molecule has 1 N–H and O–H groups in total. The van der Waals surface area contributed by atoms with Crippen molar-refractivity contribution in [3.63, 3.8) is 0 Å². The Morgan fingerprint density at radius 1 is 1.14 bits per heavy atom. The van der Waals surface area contributed by atoms with Gasteiger partial charge in [-0.1, -0.05) is 41.9 Å². The lowest BCUT2D eigenvalue weighted by atomic mass is 10.0. The number of carbonyl (C=O) groups excluding carboxylic acids is 1. The number of aromatic amines is 1. The van der Waals surface area contributed by atoms with Crippen LogP contribution in [0.4, 0.5) is 0 Å². The van der Waals surface area contributed by atoms with Crippen molar-refractivity contribution in [3.8, 4) is 11.1 Å². The van der Waals surface area contributed by atoms with E-state index in [1.807, 2.05) is 43.3 Å². The average Bonchev–Trinajstić information content (AvgIpc) is 3.07. The highest BCUT2D eigenvalue weighted by Crippen LogP contribution is 2.41. The standard InChI is InChI=1S/C22H19ClN2O2S/c1-2-27-19(26)11-13-28-22-16(7-5-12-24-22)20-17(23)10-9-15-14-6-3-4-8-18(14)25-21(15)20/h3-10,12,25H,2,11,13H2,1H3. The van der Waals surface area contributed by atoms with Crippen molar-refractivity contribution in [1.29, 1.82) is 0 Å². The van der Waals surface area contributed by atoms with Crippen molar-refractivity contribution >= 4 is 51.1 Å². The molecule has 0 spiro atoms. The largest absolute Gasteiger partial charge is 0.466 e. The van der Waals surface area contributed by atoms with E-state index in [4.69, 9.17) is 16.3 Å². The molecule has 0 atom stereocenters. The van der Waals surface area contributed by atoms with Crippen molar-refractivity contribution in [3.05, 3.63) is 59.8 Å². The number of thioether (sulfide) groups is 1. The summed E-state index contributed by atoms with van der Waals surface area (Å²) in [6, 6.07) is 16.1. The highest BCUT2D eigenvalue weighted by molar-refractivity contribution is 7.99. The molecule has 2 aromatic carbocycles. The summed E-state index contributed by atoms with van der Waals surface area (Å²) in [6.45, 7) is 2.21. The second kappa shape index (κ2) is 8.25. The van der Waals surface area contributed by atoms with Crippen molar-refractivity contribution in [2.75, 3.05) is 12.4 Å². The first kappa shape index (κ1) is 18.8. The van der Waals surface area contributed by atoms with E-state index in [0.29, 0.717) is 23.8 Å². The molecule has 4 aromatic rings. The number of hydrogen-bond donors (Lipinski definition) is 1. The van der Waals surface area contributed by atoms with Gasteiger partial charge in [0.2, 0.25) is 0 Å². The van der Waals surface area contributed by atoms with Gasteiger partial charge < -0.3 is 9.72 Å². The van der Waals surface area contributed by atoms with Crippen LogP contribution in [0.15, 0.2) is 59.8 Å². The molecule has 0 aliphatic heterocycles. The van der Waals surface area contributed by atoms with Crippen LogP contribution < -0.4 is 0 Å². The third-order valence-electron chi connectivity index (χ3n) is 4.52. The van der Waals surface area contributed by atoms with Crippen molar-refractivity contribution < 1.29 is 9.53 Å². The molecule has 0 aliphatic rings. The number of esters is 1. The maximum Gasteiger partial charge on any atom is 0.306 e. The van der Waals surface area contributed by atoms with Crippen LogP contribution in [0.2, 0.25) is 5.02 Å². The van der Waals surface area contributed by atoms with Crippen LogP contribution in [0.5, 0.6) is 0 Å². The molecule has 4 rings (SSSR count). The van der Waals surface area contributed by atoms with Crippen molar-refractivity contribution in [2.24, 2.45) is 0 Å². The van der Waals surface area contributed by atoms with E-state index in [9.17, 15) is 4.79 Å². The van der Waals surface area contributed by atoms with E-state index in [1.54, 1.807) is 6.20 Å². The van der Waals surface area contributed by atoms with Gasteiger partial charge in [0.05, 0.1) is 23.6 Å². The fourth-order valence-electron chi connectivity index (χ4n) is 3.32. The number of aromatic nitrogens is 2. The van der Waals surface area contributed by atoms with Gasteiger partial charge in [0.15, 0.2) is 0 Å². The van der Waals surface area contributed by atoms with E-state index in [0.717, 1.165) is 38.0 Å². The molecule has 0 saturated heterocycles. The molecule has 2 aromatic heterocycles. The van der Waals surface area contributed by atoms with Gasteiger partial charge in [-0.25, -0.2) is 4.98 Å². The molecule has 0 amide bonds. The van der Waals surface area contributed by atoms with E-state index >= 15 is 0 Å². The monoisotopic (exact) mass is 410 g/mol. The summed E-state index contributed by atoms with van der Waals surface area (Å²) in [5.74, 6) is 0.409. The number of benzene rings is 2. The Morgan fingerprint density at radius 2 is 2.00 bits per heavy atom. The third kappa shape index (κ3) is 3.60. The maximum absolute atomic E-state index is 11.6. The Labute approximate surface area is 172 Å². The second-order valence-electron chi connectivity index (χ2n) is 6.28. The Morgan fingerprint density at radius 3 is 2.86 bits per heavy atom. The summed E-state index contributed by atoms with van der Waals surface area (Å²) in [5.41, 5.74) is 3.95. The molecule has 4 nitrogen and oxygen atoms in total. The predicted octanol–water partition coefficient (Wildman–Crippen LogP) is 6.08. The Bertz CT molecular complexity index is 1160. The molecule has 142 valence electrons. The molecule has 0 radical (unpaired) electrons. The maximum atomic E-state index is 11.6. The van der Waals surface area contributed by atoms with Crippen LogP contribution in [0.3, 0.4) is 0 Å². The topological polar surface area (TPSA) is 55.0 Å². The van der Waals surface area contributed by atoms with Gasteiger partial charge in [-0.15, -0.1) is 11.8 Å². The van der Waals surface area contributed by atoms with E-state index in [1.165, 1.54) is 11.8 Å². The van der Waals surface area contributed by atoms with Gasteiger partial charge >= 0.3 is 5.97 Å². The minimum Gasteiger partial charge on any atom is -0.466 e. The molecule has 0 bridgehead atoms. The van der Waals surface area contributed by atoms with Crippen LogP contribution in [0.1, 0.15) is 13.3 Å². The fraction of sp³-hybridized carbons (Fsp3) is 0.182. The summed E-state index contributed by atoms with van der Waals surface area (Å²) in [4.78, 5) is 19.7. The normalized spacial score (nSPS) is 11.2. The Balaban J connectivity index is 1.76. The van der Waals surface area contributed by atoms with Crippen LogP contribution in [-0.2, 0) is 9.53 Å². The first-order chi connectivity index (χ1) is 13.7. The number of ether oxygens (including phenoxy) is 1. The van der Waals surface area contributed by atoms with Crippen LogP contribution in [0, 0.1) is 0 Å². The molecule has 28 heavy (non-hydrogen) atoms.